The van der Waals surface area contributed by atoms with Crippen LogP contribution in [0.15, 0.2) is 48.5 Å². The molecule has 0 aliphatic rings. The number of benzene rings is 2. The molecule has 0 unspecified atom stereocenters. The molecular weight excluding hydrogens is 481 g/mol. The molecule has 0 radical (unpaired) electrons. The number of anilines is 1. The van der Waals surface area contributed by atoms with Crippen molar-refractivity contribution in [3.05, 3.63) is 74.3 Å². The number of non-ortho nitro benzene ring substituents is 1. The quantitative estimate of drug-likeness (QED) is 0.181. The summed E-state index contributed by atoms with van der Waals surface area (Å²) in [5.74, 6) is -0.781. The number of carbonyl (C=O) groups is 1. The van der Waals surface area contributed by atoms with Crippen LogP contribution in [0.3, 0.4) is 0 Å². The van der Waals surface area contributed by atoms with Gasteiger partial charge in [-0.05, 0) is 24.4 Å². The maximum absolute atomic E-state index is 12.5. The highest BCUT2D eigenvalue weighted by atomic mass is 35.6. The van der Waals surface area contributed by atoms with Crippen LogP contribution >= 0.6 is 47.0 Å². The Hall–Kier alpha value is -2.73. The first-order chi connectivity index (χ1) is 14.0. The summed E-state index contributed by atoms with van der Waals surface area (Å²) in [6, 6.07) is 10.6. The Morgan fingerprint density at radius 1 is 1.00 bits per heavy atom. The van der Waals surface area contributed by atoms with Crippen LogP contribution in [0.2, 0.25) is 0 Å². The topological polar surface area (TPSA) is 139 Å². The van der Waals surface area contributed by atoms with Gasteiger partial charge in [0.15, 0.2) is 5.11 Å². The lowest BCUT2D eigenvalue weighted by Crippen LogP contribution is -2.56. The van der Waals surface area contributed by atoms with Gasteiger partial charge in [-0.3, -0.25) is 25.0 Å². The molecule has 2 aromatic carbocycles. The molecule has 0 spiro atoms. The lowest BCUT2D eigenvalue weighted by Gasteiger charge is -2.27. The molecule has 0 heterocycles. The average molecular weight is 493 g/mol. The molecule has 0 bridgehead atoms. The molecular formula is C16H12Cl3N5O5S. The second-order valence-electron chi connectivity index (χ2n) is 5.63. The molecule has 1 atom stereocenters. The van der Waals surface area contributed by atoms with Gasteiger partial charge >= 0.3 is 0 Å². The van der Waals surface area contributed by atoms with Gasteiger partial charge in [-0.25, -0.2) is 0 Å². The minimum atomic E-state index is -2.09. The number of nitrogens with one attached hydrogen (secondary N) is 3. The van der Waals surface area contributed by atoms with Crippen molar-refractivity contribution in [2.24, 2.45) is 0 Å². The molecule has 3 N–H and O–H groups in total. The molecule has 10 nitrogen and oxygen atoms in total. The summed E-state index contributed by atoms with van der Waals surface area (Å²) in [4.78, 5) is 33.2. The molecule has 158 valence electrons. The molecule has 0 aliphatic carbocycles. The van der Waals surface area contributed by atoms with Crippen LogP contribution in [-0.4, -0.2) is 30.8 Å². The van der Waals surface area contributed by atoms with E-state index < -0.39 is 25.7 Å². The number of nitro groups is 2. The fourth-order valence-electron chi connectivity index (χ4n) is 2.20. The lowest BCUT2D eigenvalue weighted by atomic mass is 10.2. The van der Waals surface area contributed by atoms with Gasteiger partial charge in [-0.15, -0.1) is 0 Å². The normalized spacial score (nSPS) is 11.8. The van der Waals surface area contributed by atoms with Crippen LogP contribution in [0.1, 0.15) is 10.4 Å². The third-order valence-electron chi connectivity index (χ3n) is 3.55. The number of hydrogen-bond donors (Lipinski definition) is 3. The predicted octanol–water partition coefficient (Wildman–Crippen LogP) is 3.92. The van der Waals surface area contributed by atoms with Crippen LogP contribution in [-0.2, 0) is 0 Å². The number of nitro benzene ring substituents is 2. The van der Waals surface area contributed by atoms with Crippen LogP contribution in [0.4, 0.5) is 17.1 Å². The summed E-state index contributed by atoms with van der Waals surface area (Å²) >= 11 is 22.8. The van der Waals surface area contributed by atoms with Gasteiger partial charge in [0, 0.05) is 23.8 Å². The van der Waals surface area contributed by atoms with E-state index in [0.29, 0.717) is 0 Å². The molecule has 14 heteroatoms. The summed E-state index contributed by atoms with van der Waals surface area (Å²) in [6.45, 7) is 0. The maximum Gasteiger partial charge on any atom is 0.292 e. The van der Waals surface area contributed by atoms with Crippen LogP contribution in [0.25, 0.3) is 0 Å². The van der Waals surface area contributed by atoms with Gasteiger partial charge in [-0.1, -0.05) is 53.0 Å². The Labute approximate surface area is 189 Å². The number of carbonyl (C=O) groups excluding carboxylic acids is 1. The standard InChI is InChI=1S/C16H12Cl3N5O5S/c17-16(18,19)14(21-13(25)9-4-3-5-10(8-9)23(26)27)22-15(30)20-11-6-1-2-7-12(11)24(28)29/h1-8,14H,(H,21,25)(H2,20,22,30)/t14-/m0/s1. The number of thiocarbonyl (C=S) groups is 1. The van der Waals surface area contributed by atoms with E-state index in [1.54, 1.807) is 6.07 Å². The third-order valence-corrected chi connectivity index (χ3v) is 4.42. The highest BCUT2D eigenvalue weighted by molar-refractivity contribution is 7.80. The van der Waals surface area contributed by atoms with E-state index in [2.05, 4.69) is 16.0 Å². The number of rotatable bonds is 6. The van der Waals surface area contributed by atoms with Gasteiger partial charge < -0.3 is 16.0 Å². The number of amides is 1. The lowest BCUT2D eigenvalue weighted by molar-refractivity contribution is -0.384. The summed E-state index contributed by atoms with van der Waals surface area (Å²) in [5, 5.41) is 29.3. The van der Waals surface area contributed by atoms with Gasteiger partial charge in [-0.2, -0.15) is 0 Å². The minimum Gasteiger partial charge on any atom is -0.339 e. The van der Waals surface area contributed by atoms with Crippen LogP contribution in [0.5, 0.6) is 0 Å². The summed E-state index contributed by atoms with van der Waals surface area (Å²) in [5.41, 5.74) is -0.516. The first kappa shape index (κ1) is 23.5. The summed E-state index contributed by atoms with van der Waals surface area (Å²) in [6.07, 6.45) is -1.38. The Morgan fingerprint density at radius 3 is 2.27 bits per heavy atom. The largest absolute Gasteiger partial charge is 0.339 e. The molecule has 0 saturated heterocycles. The Bertz CT molecular complexity index is 1000. The number of nitrogens with zero attached hydrogens (tertiary/aromatic N) is 2. The second-order valence-corrected chi connectivity index (χ2v) is 8.41. The van der Waals surface area contributed by atoms with Crippen molar-refractivity contribution in [2.75, 3.05) is 5.32 Å². The van der Waals surface area contributed by atoms with E-state index in [9.17, 15) is 25.0 Å². The van der Waals surface area contributed by atoms with Crippen molar-refractivity contribution in [1.82, 2.24) is 10.6 Å². The van der Waals surface area contributed by atoms with E-state index >= 15 is 0 Å². The Kier molecular flexibility index (Phi) is 7.73. The van der Waals surface area contributed by atoms with Gasteiger partial charge in [0.05, 0.1) is 9.85 Å². The van der Waals surface area contributed by atoms with Crippen molar-refractivity contribution in [3.63, 3.8) is 0 Å². The smallest absolute Gasteiger partial charge is 0.292 e. The number of hydrogen-bond acceptors (Lipinski definition) is 6. The molecule has 0 fully saturated rings. The number of para-hydroxylation sites is 2. The first-order valence-electron chi connectivity index (χ1n) is 7.92. The van der Waals surface area contributed by atoms with Crippen molar-refractivity contribution < 1.29 is 14.6 Å². The van der Waals surface area contributed by atoms with E-state index in [4.69, 9.17) is 47.0 Å². The molecule has 0 aliphatic heterocycles. The summed E-state index contributed by atoms with van der Waals surface area (Å²) < 4.78 is -2.09. The molecule has 1 amide bonds. The average Bonchev–Trinajstić information content (AvgIpc) is 2.67. The van der Waals surface area contributed by atoms with Crippen molar-refractivity contribution in [2.45, 2.75) is 9.96 Å². The zero-order valence-corrected chi connectivity index (χ0v) is 17.8. The fourth-order valence-corrected chi connectivity index (χ4v) is 2.76. The van der Waals surface area contributed by atoms with Gasteiger partial charge in [0.1, 0.15) is 11.9 Å². The third kappa shape index (κ3) is 6.39. The molecule has 2 aromatic rings. The van der Waals surface area contributed by atoms with Crippen LogP contribution in [0, 0.1) is 20.2 Å². The molecule has 0 aromatic heterocycles. The van der Waals surface area contributed by atoms with Crippen molar-refractivity contribution in [3.8, 4) is 0 Å². The van der Waals surface area contributed by atoms with Crippen molar-refractivity contribution in [1.29, 1.82) is 0 Å². The SMILES string of the molecule is O=C(N[C@@H](NC(=S)Nc1ccccc1[N+](=O)[O-])C(Cl)(Cl)Cl)c1cccc([N+](=O)[O-])c1. The fraction of sp³-hybridized carbons (Fsp3) is 0.125. The van der Waals surface area contributed by atoms with Gasteiger partial charge in [0.2, 0.25) is 3.79 Å². The zero-order valence-electron chi connectivity index (χ0n) is 14.7. The summed E-state index contributed by atoms with van der Waals surface area (Å²) in [7, 11) is 0. The van der Waals surface area contributed by atoms with Crippen molar-refractivity contribution >= 4 is 75.1 Å². The highest BCUT2D eigenvalue weighted by Gasteiger charge is 2.35. The van der Waals surface area contributed by atoms with E-state index in [1.165, 1.54) is 36.4 Å². The Balaban J connectivity index is 2.16. The first-order valence-corrected chi connectivity index (χ1v) is 9.46. The molecule has 2 rings (SSSR count). The maximum atomic E-state index is 12.5. The molecule has 0 saturated carbocycles. The highest BCUT2D eigenvalue weighted by Crippen LogP contribution is 2.30. The van der Waals surface area contributed by atoms with E-state index in [0.717, 1.165) is 6.07 Å². The number of alkyl halides is 3. The molecule has 30 heavy (non-hydrogen) atoms. The predicted molar refractivity (Wildman–Crippen MR) is 117 cm³/mol. The zero-order chi connectivity index (χ0) is 22.5. The minimum absolute atomic E-state index is 0.0529. The Morgan fingerprint density at radius 2 is 1.67 bits per heavy atom. The van der Waals surface area contributed by atoms with E-state index in [-0.39, 0.29) is 27.7 Å². The number of halogens is 3. The van der Waals surface area contributed by atoms with E-state index in [1.807, 2.05) is 0 Å². The second kappa shape index (κ2) is 9.85. The monoisotopic (exact) mass is 491 g/mol. The van der Waals surface area contributed by atoms with Gasteiger partial charge in [0.25, 0.3) is 17.3 Å². The van der Waals surface area contributed by atoms with Crippen LogP contribution < -0.4 is 16.0 Å².